The minimum absolute atomic E-state index is 0.00186. The Kier molecular flexibility index (Phi) is 6.27. The van der Waals surface area contributed by atoms with E-state index in [2.05, 4.69) is 0 Å². The second-order valence-corrected chi connectivity index (χ2v) is 7.20. The van der Waals surface area contributed by atoms with Crippen LogP contribution in [0.3, 0.4) is 0 Å². The van der Waals surface area contributed by atoms with Crippen LogP contribution in [-0.2, 0) is 20.7 Å². The van der Waals surface area contributed by atoms with Crippen molar-refractivity contribution in [2.45, 2.75) is 56.3 Å². The van der Waals surface area contributed by atoms with Crippen LogP contribution in [-0.4, -0.2) is 60.5 Å². The minimum Gasteiger partial charge on any atom is -0.394 e. The van der Waals surface area contributed by atoms with E-state index in [1.807, 2.05) is 4.90 Å². The zero-order valence-electron chi connectivity index (χ0n) is 15.3. The highest BCUT2D eigenvalue weighted by Crippen LogP contribution is 2.43. The molecule has 1 saturated carbocycles. The number of carbonyl (C=O) groups excluding carboxylic acids is 1. The van der Waals surface area contributed by atoms with E-state index in [9.17, 15) is 9.18 Å². The molecule has 1 aliphatic heterocycles. The van der Waals surface area contributed by atoms with Crippen LogP contribution in [0.2, 0.25) is 0 Å². The van der Waals surface area contributed by atoms with Gasteiger partial charge < -0.3 is 19.5 Å². The predicted molar refractivity (Wildman–Crippen MR) is 95.3 cm³/mol. The smallest absolute Gasteiger partial charge is 0.223 e. The number of aliphatic hydroxyl groups excluding tert-OH is 1. The number of aliphatic hydroxyl groups is 1. The molecule has 0 spiro atoms. The quantitative estimate of drug-likeness (QED) is 0.806. The van der Waals surface area contributed by atoms with Crippen molar-refractivity contribution in [2.75, 3.05) is 26.9 Å². The SMILES string of the molecule is CO[C@@]12CC[C@H](OCCO)C[C@@H]1N(C(=O)CCc1ccccc1F)CC2. The largest absolute Gasteiger partial charge is 0.394 e. The van der Waals surface area contributed by atoms with Crippen molar-refractivity contribution in [3.63, 3.8) is 0 Å². The monoisotopic (exact) mass is 365 g/mol. The number of benzene rings is 1. The molecule has 1 aromatic rings. The van der Waals surface area contributed by atoms with Crippen molar-refractivity contribution in [3.05, 3.63) is 35.6 Å². The average molecular weight is 365 g/mol. The molecule has 6 heteroatoms. The number of fused-ring (bicyclic) bond motifs is 1. The molecule has 1 amide bonds. The molecule has 2 aliphatic rings. The van der Waals surface area contributed by atoms with Crippen LogP contribution in [0, 0.1) is 5.82 Å². The van der Waals surface area contributed by atoms with Gasteiger partial charge in [0, 0.05) is 20.1 Å². The molecule has 1 saturated heterocycles. The van der Waals surface area contributed by atoms with E-state index in [-0.39, 0.29) is 36.1 Å². The maximum atomic E-state index is 13.8. The molecule has 2 fully saturated rings. The lowest BCUT2D eigenvalue weighted by atomic mass is 9.79. The van der Waals surface area contributed by atoms with Gasteiger partial charge in [-0.1, -0.05) is 18.2 Å². The Labute approximate surface area is 154 Å². The Bertz CT molecular complexity index is 626. The maximum Gasteiger partial charge on any atom is 0.223 e. The fourth-order valence-corrected chi connectivity index (χ4v) is 4.42. The van der Waals surface area contributed by atoms with Crippen molar-refractivity contribution in [3.8, 4) is 0 Å². The first-order valence-corrected chi connectivity index (χ1v) is 9.40. The number of likely N-dealkylation sites (tertiary alicyclic amines) is 1. The number of hydrogen-bond acceptors (Lipinski definition) is 4. The van der Waals surface area contributed by atoms with Crippen LogP contribution in [0.5, 0.6) is 0 Å². The summed E-state index contributed by atoms with van der Waals surface area (Å²) in [5.74, 6) is -0.219. The zero-order chi connectivity index (χ0) is 18.6. The van der Waals surface area contributed by atoms with Crippen molar-refractivity contribution in [1.82, 2.24) is 4.90 Å². The lowest BCUT2D eigenvalue weighted by molar-refractivity contribution is -0.142. The fraction of sp³-hybridized carbons (Fsp3) is 0.650. The number of amides is 1. The Balaban J connectivity index is 1.64. The van der Waals surface area contributed by atoms with Crippen LogP contribution in [0.1, 0.15) is 37.7 Å². The highest BCUT2D eigenvalue weighted by Gasteiger charge is 2.52. The molecular formula is C20H28FNO4. The first-order chi connectivity index (χ1) is 12.6. The minimum atomic E-state index is -0.299. The number of carbonyl (C=O) groups is 1. The first-order valence-electron chi connectivity index (χ1n) is 9.40. The summed E-state index contributed by atoms with van der Waals surface area (Å²) in [4.78, 5) is 14.7. The predicted octanol–water partition coefficient (Wildman–Crippen LogP) is 2.31. The van der Waals surface area contributed by atoms with E-state index in [0.29, 0.717) is 31.6 Å². The molecule has 5 nitrogen and oxygen atoms in total. The normalized spacial score (nSPS) is 28.2. The molecule has 3 rings (SSSR count). The highest BCUT2D eigenvalue weighted by molar-refractivity contribution is 5.77. The molecule has 1 heterocycles. The molecule has 0 bridgehead atoms. The van der Waals surface area contributed by atoms with Gasteiger partial charge in [0.25, 0.3) is 0 Å². The number of hydrogen-bond donors (Lipinski definition) is 1. The van der Waals surface area contributed by atoms with Gasteiger partial charge in [0.2, 0.25) is 5.91 Å². The Morgan fingerprint density at radius 1 is 1.38 bits per heavy atom. The van der Waals surface area contributed by atoms with E-state index >= 15 is 0 Å². The molecule has 26 heavy (non-hydrogen) atoms. The molecular weight excluding hydrogens is 337 g/mol. The lowest BCUT2D eigenvalue weighted by Gasteiger charge is -2.43. The van der Waals surface area contributed by atoms with Gasteiger partial charge >= 0.3 is 0 Å². The summed E-state index contributed by atoms with van der Waals surface area (Å²) in [5.41, 5.74) is 0.276. The third kappa shape index (κ3) is 3.92. The number of ether oxygens (including phenoxy) is 2. The van der Waals surface area contributed by atoms with Gasteiger partial charge in [-0.3, -0.25) is 4.79 Å². The summed E-state index contributed by atoms with van der Waals surface area (Å²) < 4.78 is 25.4. The van der Waals surface area contributed by atoms with Crippen LogP contribution in [0.15, 0.2) is 24.3 Å². The number of halogens is 1. The molecule has 0 aromatic heterocycles. The Hall–Kier alpha value is -1.50. The van der Waals surface area contributed by atoms with Crippen molar-refractivity contribution >= 4 is 5.91 Å². The van der Waals surface area contributed by atoms with Crippen molar-refractivity contribution in [2.24, 2.45) is 0 Å². The molecule has 0 radical (unpaired) electrons. The van der Waals surface area contributed by atoms with Gasteiger partial charge in [-0.05, 0) is 43.7 Å². The average Bonchev–Trinajstić information content (AvgIpc) is 3.05. The third-order valence-corrected chi connectivity index (χ3v) is 5.87. The van der Waals surface area contributed by atoms with Crippen LogP contribution >= 0.6 is 0 Å². The van der Waals surface area contributed by atoms with E-state index in [0.717, 1.165) is 25.7 Å². The fourth-order valence-electron chi connectivity index (χ4n) is 4.42. The lowest BCUT2D eigenvalue weighted by Crippen LogP contribution is -2.53. The molecule has 3 atom stereocenters. The molecule has 1 N–H and O–H groups in total. The van der Waals surface area contributed by atoms with E-state index in [1.165, 1.54) is 6.07 Å². The topological polar surface area (TPSA) is 59.0 Å². The van der Waals surface area contributed by atoms with Crippen LogP contribution in [0.25, 0.3) is 0 Å². The summed E-state index contributed by atoms with van der Waals surface area (Å²) in [6.07, 6.45) is 4.00. The maximum absolute atomic E-state index is 13.8. The van der Waals surface area contributed by atoms with Gasteiger partial charge in [-0.25, -0.2) is 4.39 Å². The number of aryl methyl sites for hydroxylation is 1. The molecule has 0 unspecified atom stereocenters. The van der Waals surface area contributed by atoms with Gasteiger partial charge in [-0.15, -0.1) is 0 Å². The van der Waals surface area contributed by atoms with Gasteiger partial charge in [-0.2, -0.15) is 0 Å². The second kappa shape index (κ2) is 8.46. The van der Waals surface area contributed by atoms with Gasteiger partial charge in [0.15, 0.2) is 0 Å². The van der Waals surface area contributed by atoms with E-state index < -0.39 is 0 Å². The first kappa shape index (κ1) is 19.3. The summed E-state index contributed by atoms with van der Waals surface area (Å²) >= 11 is 0. The van der Waals surface area contributed by atoms with Gasteiger partial charge in [0.1, 0.15) is 5.82 Å². The van der Waals surface area contributed by atoms with Crippen molar-refractivity contribution in [1.29, 1.82) is 0 Å². The summed E-state index contributed by atoms with van der Waals surface area (Å²) in [6, 6.07) is 6.58. The zero-order valence-corrected chi connectivity index (χ0v) is 15.3. The third-order valence-electron chi connectivity index (χ3n) is 5.87. The van der Waals surface area contributed by atoms with Crippen LogP contribution in [0.4, 0.5) is 4.39 Å². The number of methoxy groups -OCH3 is 1. The second-order valence-electron chi connectivity index (χ2n) is 7.20. The summed E-state index contributed by atoms with van der Waals surface area (Å²) in [6.45, 7) is 0.988. The standard InChI is InChI=1S/C20H28FNO4/c1-25-20-9-8-16(26-13-12-23)14-18(20)22(11-10-20)19(24)7-6-15-4-2-3-5-17(15)21/h2-5,16,18,23H,6-14H2,1H3/t16-,18-,20+/m0/s1. The molecule has 1 aromatic carbocycles. The number of nitrogens with zero attached hydrogens (tertiary/aromatic N) is 1. The van der Waals surface area contributed by atoms with E-state index in [4.69, 9.17) is 14.6 Å². The number of rotatable bonds is 7. The summed E-state index contributed by atoms with van der Waals surface area (Å²) in [7, 11) is 1.72. The Morgan fingerprint density at radius 2 is 2.19 bits per heavy atom. The molecule has 144 valence electrons. The van der Waals surface area contributed by atoms with Gasteiger partial charge in [0.05, 0.1) is 31.0 Å². The van der Waals surface area contributed by atoms with Crippen LogP contribution < -0.4 is 0 Å². The van der Waals surface area contributed by atoms with Crippen molar-refractivity contribution < 1.29 is 23.8 Å². The summed E-state index contributed by atoms with van der Waals surface area (Å²) in [5, 5.41) is 8.98. The van der Waals surface area contributed by atoms with E-state index in [1.54, 1.807) is 25.3 Å². The highest BCUT2D eigenvalue weighted by atomic mass is 19.1. The Morgan fingerprint density at radius 3 is 2.92 bits per heavy atom. The molecule has 1 aliphatic carbocycles.